The van der Waals surface area contributed by atoms with Crippen molar-refractivity contribution in [1.82, 2.24) is 5.32 Å². The average molecular weight is 278 g/mol. The number of benzene rings is 1. The molecule has 0 radical (unpaired) electrons. The maximum atomic E-state index is 10.9. The van der Waals surface area contributed by atoms with Crippen molar-refractivity contribution in [2.45, 2.75) is 51.3 Å². The van der Waals surface area contributed by atoms with E-state index in [2.05, 4.69) is 19.2 Å². The van der Waals surface area contributed by atoms with Gasteiger partial charge in [-0.25, -0.2) is 0 Å². The lowest BCUT2D eigenvalue weighted by Gasteiger charge is -2.26. The van der Waals surface area contributed by atoms with Crippen molar-refractivity contribution in [2.24, 2.45) is 0 Å². The Labute approximate surface area is 119 Å². The monoisotopic (exact) mass is 278 g/mol. The van der Waals surface area contributed by atoms with E-state index in [9.17, 15) is 10.1 Å². The minimum atomic E-state index is -0.347. The van der Waals surface area contributed by atoms with Gasteiger partial charge in [0.1, 0.15) is 0 Å². The number of rotatable bonds is 6. The second-order valence-electron chi connectivity index (χ2n) is 5.32. The van der Waals surface area contributed by atoms with Crippen LogP contribution in [-0.2, 0) is 4.74 Å². The number of hydrogen-bond acceptors (Lipinski definition) is 4. The van der Waals surface area contributed by atoms with Crippen molar-refractivity contribution < 1.29 is 9.66 Å². The summed E-state index contributed by atoms with van der Waals surface area (Å²) in [6.07, 6.45) is 3.34. The second-order valence-corrected chi connectivity index (χ2v) is 5.32. The van der Waals surface area contributed by atoms with Crippen molar-refractivity contribution in [2.75, 3.05) is 6.61 Å². The fourth-order valence-electron chi connectivity index (χ4n) is 2.73. The summed E-state index contributed by atoms with van der Waals surface area (Å²) in [6, 6.07) is 7.24. The van der Waals surface area contributed by atoms with Crippen LogP contribution in [0.15, 0.2) is 24.3 Å². The van der Waals surface area contributed by atoms with E-state index in [1.807, 2.05) is 6.07 Å². The van der Waals surface area contributed by atoms with Gasteiger partial charge in [-0.2, -0.15) is 0 Å². The highest BCUT2D eigenvalue weighted by atomic mass is 16.6. The van der Waals surface area contributed by atoms with Crippen LogP contribution in [0.3, 0.4) is 0 Å². The first-order valence-electron chi connectivity index (χ1n) is 7.23. The SMILES string of the molecule is CCC(NC(C)C1CCCO1)c1cccc([N+](=O)[O-])c1. The number of non-ortho nitro benzene ring substituents is 1. The van der Waals surface area contributed by atoms with Crippen LogP contribution < -0.4 is 5.32 Å². The lowest BCUT2D eigenvalue weighted by Crippen LogP contribution is -2.39. The van der Waals surface area contributed by atoms with Gasteiger partial charge in [0.05, 0.1) is 11.0 Å². The van der Waals surface area contributed by atoms with Crippen molar-refractivity contribution >= 4 is 5.69 Å². The van der Waals surface area contributed by atoms with Crippen molar-refractivity contribution in [1.29, 1.82) is 0 Å². The fraction of sp³-hybridized carbons (Fsp3) is 0.600. The smallest absolute Gasteiger partial charge is 0.269 e. The van der Waals surface area contributed by atoms with Gasteiger partial charge in [0, 0.05) is 30.8 Å². The molecule has 3 unspecified atom stereocenters. The zero-order valence-corrected chi connectivity index (χ0v) is 12.0. The zero-order valence-electron chi connectivity index (χ0n) is 12.0. The molecule has 20 heavy (non-hydrogen) atoms. The van der Waals surface area contributed by atoms with Gasteiger partial charge in [0.25, 0.3) is 5.69 Å². The third-order valence-corrected chi connectivity index (χ3v) is 3.88. The number of hydrogen-bond donors (Lipinski definition) is 1. The van der Waals surface area contributed by atoms with Crippen LogP contribution in [0.25, 0.3) is 0 Å². The van der Waals surface area contributed by atoms with E-state index in [1.165, 1.54) is 6.07 Å². The van der Waals surface area contributed by atoms with Gasteiger partial charge in [0.2, 0.25) is 0 Å². The van der Waals surface area contributed by atoms with Gasteiger partial charge in [0.15, 0.2) is 0 Å². The van der Waals surface area contributed by atoms with E-state index in [0.29, 0.717) is 0 Å². The maximum Gasteiger partial charge on any atom is 0.269 e. The molecule has 1 fully saturated rings. The van der Waals surface area contributed by atoms with Gasteiger partial charge < -0.3 is 10.1 Å². The number of ether oxygens (including phenoxy) is 1. The van der Waals surface area contributed by atoms with Crippen LogP contribution >= 0.6 is 0 Å². The molecule has 1 aliphatic heterocycles. The van der Waals surface area contributed by atoms with Gasteiger partial charge in [-0.15, -0.1) is 0 Å². The molecule has 0 saturated carbocycles. The van der Waals surface area contributed by atoms with Crippen LogP contribution in [0.5, 0.6) is 0 Å². The first-order valence-corrected chi connectivity index (χ1v) is 7.23. The Morgan fingerprint density at radius 2 is 2.35 bits per heavy atom. The topological polar surface area (TPSA) is 64.4 Å². The predicted molar refractivity (Wildman–Crippen MR) is 77.7 cm³/mol. The molecule has 3 atom stereocenters. The molecule has 0 spiro atoms. The Bertz CT molecular complexity index is 458. The first kappa shape index (κ1) is 14.9. The van der Waals surface area contributed by atoms with E-state index in [4.69, 9.17) is 4.74 Å². The minimum absolute atomic E-state index is 0.120. The third kappa shape index (κ3) is 3.55. The molecule has 1 heterocycles. The molecule has 0 aliphatic carbocycles. The summed E-state index contributed by atoms with van der Waals surface area (Å²) in [6.45, 7) is 5.04. The molecule has 5 nitrogen and oxygen atoms in total. The average Bonchev–Trinajstić information content (AvgIpc) is 2.99. The van der Waals surface area contributed by atoms with E-state index >= 15 is 0 Å². The predicted octanol–water partition coefficient (Wildman–Crippen LogP) is 3.20. The lowest BCUT2D eigenvalue weighted by atomic mass is 10.0. The van der Waals surface area contributed by atoms with Gasteiger partial charge in [-0.3, -0.25) is 10.1 Å². The summed E-state index contributed by atoms with van der Waals surface area (Å²) in [7, 11) is 0. The van der Waals surface area contributed by atoms with Crippen LogP contribution in [0, 0.1) is 10.1 Å². The number of nitro benzene ring substituents is 1. The molecule has 1 aromatic carbocycles. The summed E-state index contributed by atoms with van der Waals surface area (Å²) in [5.41, 5.74) is 1.11. The summed E-state index contributed by atoms with van der Waals surface area (Å²) in [4.78, 5) is 10.5. The quantitative estimate of drug-likeness (QED) is 0.641. The molecule has 0 amide bonds. The third-order valence-electron chi connectivity index (χ3n) is 3.88. The molecule has 0 aromatic heterocycles. The Morgan fingerprint density at radius 3 is 2.95 bits per heavy atom. The molecule has 2 rings (SSSR count). The standard InChI is InChI=1S/C15H22N2O3/c1-3-14(16-11(2)15-8-5-9-20-15)12-6-4-7-13(10-12)17(18)19/h4,6-7,10-11,14-16H,3,5,8-9H2,1-2H3. The van der Waals surface area contributed by atoms with Crippen molar-refractivity contribution in [3.05, 3.63) is 39.9 Å². The largest absolute Gasteiger partial charge is 0.377 e. The summed E-state index contributed by atoms with van der Waals surface area (Å²) >= 11 is 0. The molecule has 1 aromatic rings. The summed E-state index contributed by atoms with van der Waals surface area (Å²) < 4.78 is 5.69. The Balaban J connectivity index is 2.07. The molecule has 1 saturated heterocycles. The first-order chi connectivity index (χ1) is 9.61. The van der Waals surface area contributed by atoms with Crippen LogP contribution in [0.4, 0.5) is 5.69 Å². The van der Waals surface area contributed by atoms with Crippen LogP contribution in [-0.4, -0.2) is 23.7 Å². The lowest BCUT2D eigenvalue weighted by molar-refractivity contribution is -0.384. The fourth-order valence-corrected chi connectivity index (χ4v) is 2.73. The van der Waals surface area contributed by atoms with Crippen molar-refractivity contribution in [3.8, 4) is 0 Å². The molecular formula is C15H22N2O3. The molecule has 110 valence electrons. The van der Waals surface area contributed by atoms with E-state index in [0.717, 1.165) is 31.4 Å². The van der Waals surface area contributed by atoms with E-state index in [1.54, 1.807) is 12.1 Å². The number of nitro groups is 1. The van der Waals surface area contributed by atoms with E-state index in [-0.39, 0.29) is 28.8 Å². The van der Waals surface area contributed by atoms with Gasteiger partial charge in [-0.05, 0) is 31.7 Å². The van der Waals surface area contributed by atoms with Gasteiger partial charge in [-0.1, -0.05) is 19.1 Å². The van der Waals surface area contributed by atoms with Crippen molar-refractivity contribution in [3.63, 3.8) is 0 Å². The summed E-state index contributed by atoms with van der Waals surface area (Å²) in [5.74, 6) is 0. The van der Waals surface area contributed by atoms with Crippen LogP contribution in [0.2, 0.25) is 0 Å². The minimum Gasteiger partial charge on any atom is -0.377 e. The molecule has 1 N–H and O–H groups in total. The van der Waals surface area contributed by atoms with Crippen LogP contribution in [0.1, 0.15) is 44.7 Å². The highest BCUT2D eigenvalue weighted by Crippen LogP contribution is 2.24. The molecule has 5 heteroatoms. The second kappa shape index (κ2) is 6.81. The molecular weight excluding hydrogens is 256 g/mol. The Hall–Kier alpha value is -1.46. The zero-order chi connectivity index (χ0) is 14.5. The summed E-state index contributed by atoms with van der Waals surface area (Å²) in [5, 5.41) is 14.4. The maximum absolute atomic E-state index is 10.9. The highest BCUT2D eigenvalue weighted by Gasteiger charge is 2.24. The van der Waals surface area contributed by atoms with E-state index < -0.39 is 0 Å². The Morgan fingerprint density at radius 1 is 1.55 bits per heavy atom. The highest BCUT2D eigenvalue weighted by molar-refractivity contribution is 5.35. The molecule has 0 bridgehead atoms. The Kier molecular flexibility index (Phi) is 5.09. The normalized spacial score (nSPS) is 21.6. The van der Waals surface area contributed by atoms with Gasteiger partial charge >= 0.3 is 0 Å². The number of nitrogens with zero attached hydrogens (tertiary/aromatic N) is 1. The molecule has 1 aliphatic rings. The number of nitrogens with one attached hydrogen (secondary N) is 1.